The first kappa shape index (κ1) is 24.6. The Bertz CT molecular complexity index is 648. The molecule has 29 heavy (non-hydrogen) atoms. The highest BCUT2D eigenvalue weighted by atomic mass is 32.1. The SMILES string of the molecule is C.O=C(O)/C=C\C(=O)O.S=C(NC1CCCCC1)N1CCC(c2cnc[nH]2)CC1. The van der Waals surface area contributed by atoms with Crippen molar-refractivity contribution in [3.63, 3.8) is 0 Å². The van der Waals surface area contributed by atoms with Gasteiger partial charge in [-0.05, 0) is 37.9 Å². The summed E-state index contributed by atoms with van der Waals surface area (Å²) in [5, 5.41) is 20.2. The number of hydrogen-bond acceptors (Lipinski definition) is 4. The lowest BCUT2D eigenvalue weighted by atomic mass is 9.94. The predicted molar refractivity (Wildman–Crippen MR) is 116 cm³/mol. The maximum Gasteiger partial charge on any atom is 0.328 e. The zero-order valence-electron chi connectivity index (χ0n) is 15.8. The summed E-state index contributed by atoms with van der Waals surface area (Å²) in [6.45, 7) is 2.12. The summed E-state index contributed by atoms with van der Waals surface area (Å²) in [6, 6.07) is 0.613. The van der Waals surface area contributed by atoms with Crippen LogP contribution in [0.4, 0.5) is 0 Å². The molecule has 0 spiro atoms. The third-order valence-electron chi connectivity index (χ3n) is 5.04. The van der Waals surface area contributed by atoms with Crippen LogP contribution in [0.3, 0.4) is 0 Å². The fraction of sp³-hybridized carbons (Fsp3) is 0.600. The Morgan fingerprint density at radius 3 is 2.17 bits per heavy atom. The fourth-order valence-electron chi connectivity index (χ4n) is 3.54. The number of carbonyl (C=O) groups is 2. The largest absolute Gasteiger partial charge is 0.478 e. The van der Waals surface area contributed by atoms with Gasteiger partial charge in [0.1, 0.15) is 0 Å². The highest BCUT2D eigenvalue weighted by molar-refractivity contribution is 7.80. The molecule has 1 saturated carbocycles. The molecule has 0 bridgehead atoms. The lowest BCUT2D eigenvalue weighted by molar-refractivity contribution is -0.134. The number of rotatable bonds is 4. The van der Waals surface area contributed by atoms with Gasteiger partial charge in [0, 0.05) is 49.1 Å². The topological polar surface area (TPSA) is 119 Å². The molecule has 0 aromatic carbocycles. The normalized spacial score (nSPS) is 17.7. The molecule has 1 aliphatic heterocycles. The number of hydrogen-bond donors (Lipinski definition) is 4. The summed E-state index contributed by atoms with van der Waals surface area (Å²) in [7, 11) is 0. The fourth-order valence-corrected chi connectivity index (χ4v) is 3.89. The first-order chi connectivity index (χ1) is 13.5. The molecule has 1 aromatic heterocycles. The van der Waals surface area contributed by atoms with Crippen molar-refractivity contribution in [2.45, 2.75) is 64.3 Å². The van der Waals surface area contributed by atoms with Gasteiger partial charge < -0.3 is 25.4 Å². The number of thiocarbonyl (C=S) groups is 1. The molecule has 2 fully saturated rings. The van der Waals surface area contributed by atoms with E-state index in [0.717, 1.165) is 31.0 Å². The molecular formula is C20H32N4O4S. The Morgan fingerprint density at radius 1 is 1.10 bits per heavy atom. The number of imidazole rings is 1. The van der Waals surface area contributed by atoms with Crippen LogP contribution in [-0.2, 0) is 9.59 Å². The molecule has 3 rings (SSSR count). The highest BCUT2D eigenvalue weighted by Crippen LogP contribution is 2.26. The van der Waals surface area contributed by atoms with Gasteiger partial charge in [-0.1, -0.05) is 26.7 Å². The minimum absolute atomic E-state index is 0. The number of aliphatic carboxylic acids is 2. The van der Waals surface area contributed by atoms with Crippen molar-refractivity contribution in [1.82, 2.24) is 20.2 Å². The van der Waals surface area contributed by atoms with Crippen molar-refractivity contribution in [3.8, 4) is 0 Å². The molecule has 8 nitrogen and oxygen atoms in total. The number of nitrogens with one attached hydrogen (secondary N) is 2. The number of likely N-dealkylation sites (tertiary alicyclic amines) is 1. The summed E-state index contributed by atoms with van der Waals surface area (Å²) in [5.41, 5.74) is 1.27. The van der Waals surface area contributed by atoms with Gasteiger partial charge in [0.05, 0.1) is 6.33 Å². The lowest BCUT2D eigenvalue weighted by Gasteiger charge is -2.35. The minimum Gasteiger partial charge on any atom is -0.478 e. The number of nitrogens with zero attached hydrogens (tertiary/aromatic N) is 2. The third kappa shape index (κ3) is 9.08. The summed E-state index contributed by atoms with van der Waals surface area (Å²) >= 11 is 5.59. The maximum absolute atomic E-state index is 9.55. The monoisotopic (exact) mass is 424 g/mol. The molecule has 1 saturated heterocycles. The van der Waals surface area contributed by atoms with Gasteiger partial charge in [0.2, 0.25) is 0 Å². The van der Waals surface area contributed by atoms with Crippen molar-refractivity contribution in [1.29, 1.82) is 0 Å². The van der Waals surface area contributed by atoms with Crippen LogP contribution >= 0.6 is 12.2 Å². The summed E-state index contributed by atoms with van der Waals surface area (Å²) in [4.78, 5) is 28.8. The highest BCUT2D eigenvalue weighted by Gasteiger charge is 2.24. The van der Waals surface area contributed by atoms with Gasteiger partial charge in [0.15, 0.2) is 5.11 Å². The smallest absolute Gasteiger partial charge is 0.328 e. The Hall–Kier alpha value is -2.42. The number of carboxylic acids is 2. The molecule has 2 heterocycles. The maximum atomic E-state index is 9.55. The predicted octanol–water partition coefficient (Wildman–Crippen LogP) is 3.14. The molecule has 1 aromatic rings. The van der Waals surface area contributed by atoms with Gasteiger partial charge in [-0.2, -0.15) is 0 Å². The number of aromatic amines is 1. The summed E-state index contributed by atoms with van der Waals surface area (Å²) in [6.07, 6.45) is 13.8. The first-order valence-electron chi connectivity index (χ1n) is 9.63. The molecule has 2 aliphatic rings. The first-order valence-corrected chi connectivity index (χ1v) is 10.0. The van der Waals surface area contributed by atoms with Crippen LogP contribution in [0.15, 0.2) is 24.7 Å². The standard InChI is InChI=1S/C15H24N4S.C4H4O4.CH4/c20-15(18-13-4-2-1-3-5-13)19-8-6-12(7-9-19)14-10-16-11-17-14;5-3(6)1-2-4(7)8;/h10-13H,1-9H2,(H,16,17)(H,18,20);1-2H,(H,5,6)(H,7,8);1H4/b;2-1-;. The van der Waals surface area contributed by atoms with Crippen LogP contribution in [-0.4, -0.2) is 61.3 Å². The molecule has 1 aliphatic carbocycles. The lowest BCUT2D eigenvalue weighted by Crippen LogP contribution is -2.47. The van der Waals surface area contributed by atoms with Crippen LogP contribution in [0.1, 0.15) is 64.0 Å². The molecule has 162 valence electrons. The van der Waals surface area contributed by atoms with Crippen molar-refractivity contribution in [3.05, 3.63) is 30.4 Å². The second-order valence-corrected chi connectivity index (χ2v) is 7.45. The second kappa shape index (κ2) is 12.9. The Labute approximate surface area is 177 Å². The van der Waals surface area contributed by atoms with E-state index in [1.165, 1.54) is 37.8 Å². The van der Waals surface area contributed by atoms with Gasteiger partial charge in [-0.15, -0.1) is 0 Å². The van der Waals surface area contributed by atoms with E-state index < -0.39 is 11.9 Å². The van der Waals surface area contributed by atoms with E-state index in [-0.39, 0.29) is 7.43 Å². The number of H-pyrrole nitrogens is 1. The van der Waals surface area contributed by atoms with Gasteiger partial charge >= 0.3 is 11.9 Å². The van der Waals surface area contributed by atoms with Gasteiger partial charge in [0.25, 0.3) is 0 Å². The van der Waals surface area contributed by atoms with E-state index in [0.29, 0.717) is 24.1 Å². The Morgan fingerprint density at radius 2 is 1.69 bits per heavy atom. The molecular weight excluding hydrogens is 392 g/mol. The molecule has 0 amide bonds. The van der Waals surface area contributed by atoms with Crippen molar-refractivity contribution < 1.29 is 19.8 Å². The average molecular weight is 425 g/mol. The van der Waals surface area contributed by atoms with Gasteiger partial charge in [-0.25, -0.2) is 14.6 Å². The van der Waals surface area contributed by atoms with Crippen LogP contribution in [0, 0.1) is 0 Å². The van der Waals surface area contributed by atoms with Crippen molar-refractivity contribution in [2.75, 3.05) is 13.1 Å². The molecule has 4 N–H and O–H groups in total. The summed E-state index contributed by atoms with van der Waals surface area (Å²) in [5.74, 6) is -1.90. The Balaban J connectivity index is 0.000000403. The third-order valence-corrected chi connectivity index (χ3v) is 5.42. The van der Waals surface area contributed by atoms with E-state index in [4.69, 9.17) is 22.4 Å². The number of carboxylic acid groups (broad SMARTS) is 2. The van der Waals surface area contributed by atoms with E-state index in [1.807, 2.05) is 6.20 Å². The molecule has 9 heteroatoms. The van der Waals surface area contributed by atoms with Crippen molar-refractivity contribution >= 4 is 29.3 Å². The van der Waals surface area contributed by atoms with E-state index in [1.54, 1.807) is 6.33 Å². The Kier molecular flexibility index (Phi) is 11.0. The van der Waals surface area contributed by atoms with E-state index >= 15 is 0 Å². The molecule has 0 unspecified atom stereocenters. The van der Waals surface area contributed by atoms with Crippen LogP contribution in [0.2, 0.25) is 0 Å². The molecule has 0 atom stereocenters. The zero-order chi connectivity index (χ0) is 20.4. The molecule has 0 radical (unpaired) electrons. The second-order valence-electron chi connectivity index (χ2n) is 7.06. The quantitative estimate of drug-likeness (QED) is 0.430. The van der Waals surface area contributed by atoms with Crippen LogP contribution in [0.5, 0.6) is 0 Å². The van der Waals surface area contributed by atoms with E-state index in [2.05, 4.69) is 20.2 Å². The summed E-state index contributed by atoms with van der Waals surface area (Å²) < 4.78 is 0. The van der Waals surface area contributed by atoms with Crippen molar-refractivity contribution in [2.24, 2.45) is 0 Å². The van der Waals surface area contributed by atoms with Crippen LogP contribution < -0.4 is 5.32 Å². The van der Waals surface area contributed by atoms with E-state index in [9.17, 15) is 9.59 Å². The average Bonchev–Trinajstić information content (AvgIpc) is 3.23. The zero-order valence-corrected chi connectivity index (χ0v) is 16.7. The van der Waals surface area contributed by atoms with Gasteiger partial charge in [-0.3, -0.25) is 0 Å². The number of aromatic nitrogens is 2. The van der Waals surface area contributed by atoms with Crippen LogP contribution in [0.25, 0.3) is 0 Å². The number of piperidine rings is 1. The minimum atomic E-state index is -1.26.